The van der Waals surface area contributed by atoms with E-state index in [0.29, 0.717) is 11.0 Å². The van der Waals surface area contributed by atoms with Gasteiger partial charge in [-0.05, 0) is 6.07 Å². The van der Waals surface area contributed by atoms with Crippen molar-refractivity contribution in [2.45, 2.75) is 0 Å². The second kappa shape index (κ2) is 4.45. The Morgan fingerprint density at radius 1 is 1.14 bits per heavy atom. The van der Waals surface area contributed by atoms with Crippen LogP contribution >= 0.6 is 0 Å². The van der Waals surface area contributed by atoms with E-state index in [2.05, 4.69) is 0 Å². The second-order valence-electron chi connectivity index (χ2n) is 4.75. The van der Waals surface area contributed by atoms with Crippen molar-refractivity contribution in [3.8, 4) is 11.5 Å². The molecule has 1 heterocycles. The quantitative estimate of drug-likeness (QED) is 0.385. The number of nitrogens with zero attached hydrogens (tertiary/aromatic N) is 1. The van der Waals surface area contributed by atoms with Gasteiger partial charge in [-0.25, -0.2) is 5.21 Å². The average molecular weight is 288 g/mol. The molecule has 1 unspecified atom stereocenters. The maximum Gasteiger partial charge on any atom is 0.207 e. The monoisotopic (exact) mass is 288 g/mol. The maximum absolute atomic E-state index is 12.6. The van der Waals surface area contributed by atoms with Crippen LogP contribution in [0.25, 0.3) is 21.8 Å². The number of rotatable bonds is 1. The van der Waals surface area contributed by atoms with Crippen molar-refractivity contribution in [2.75, 3.05) is 0 Å². The highest BCUT2D eigenvalue weighted by Gasteiger charge is 2.18. The lowest BCUT2D eigenvalue weighted by atomic mass is 10.1. The average Bonchev–Trinajstić information content (AvgIpc) is 2.43. The third-order valence-electron chi connectivity index (χ3n) is 3.53. The Bertz CT molecular complexity index is 930. The Balaban J connectivity index is 2.67. The van der Waals surface area contributed by atoms with Crippen molar-refractivity contribution in [1.82, 2.24) is 4.57 Å². The van der Waals surface area contributed by atoms with Gasteiger partial charge in [-0.3, -0.25) is 4.79 Å². The molecule has 0 amide bonds. The summed E-state index contributed by atoms with van der Waals surface area (Å²) in [5.74, 6) is -0.559. The van der Waals surface area contributed by atoms with Crippen LogP contribution in [0.5, 0.6) is 11.5 Å². The molecule has 108 valence electrons. The maximum atomic E-state index is 12.6. The summed E-state index contributed by atoms with van der Waals surface area (Å²) in [4.78, 5) is 12.6. The van der Waals surface area contributed by atoms with E-state index < -0.39 is 10.7 Å². The molecular weight excluding hydrogens is 276 g/mol. The first-order chi connectivity index (χ1) is 9.91. The summed E-state index contributed by atoms with van der Waals surface area (Å²) >= 11 is 0. The van der Waals surface area contributed by atoms with Crippen LogP contribution in [-0.2, 0) is 7.05 Å². The van der Waals surface area contributed by atoms with Crippen molar-refractivity contribution in [3.63, 3.8) is 0 Å². The van der Waals surface area contributed by atoms with Crippen LogP contribution in [-0.4, -0.2) is 20.0 Å². The number of fused-ring (bicyclic) bond motifs is 2. The van der Waals surface area contributed by atoms with E-state index >= 15 is 0 Å². The van der Waals surface area contributed by atoms with Gasteiger partial charge in [0.2, 0.25) is 5.43 Å². The van der Waals surface area contributed by atoms with Crippen LogP contribution in [0, 0.1) is 5.21 Å². The minimum atomic E-state index is -1.21. The van der Waals surface area contributed by atoms with Crippen molar-refractivity contribution in [3.05, 3.63) is 45.8 Å². The number of aryl methyl sites for hydroxylation is 1. The molecule has 3 rings (SSSR count). The minimum Gasteiger partial charge on any atom is -0.595 e. The van der Waals surface area contributed by atoms with Crippen LogP contribution in [0.1, 0.15) is 0 Å². The second-order valence-corrected chi connectivity index (χ2v) is 4.75. The molecule has 0 aliphatic carbocycles. The molecule has 0 fully saturated rings. The van der Waals surface area contributed by atoms with E-state index in [1.54, 1.807) is 23.7 Å². The smallest absolute Gasteiger partial charge is 0.207 e. The molecule has 0 saturated carbocycles. The molecule has 0 aliphatic rings. The summed E-state index contributed by atoms with van der Waals surface area (Å²) < 4.78 is 1.57. The summed E-state index contributed by atoms with van der Waals surface area (Å²) in [6.07, 6.45) is 0. The SMILES string of the molecule is Cn1c2cc(O)cc(O)c2c(=O)c2c([NH+]([O-])O)cccc21. The molecule has 0 radical (unpaired) electrons. The predicted octanol–water partition coefficient (Wildman–Crippen LogP) is 0.506. The minimum absolute atomic E-state index is 0.0171. The standard InChI is InChI=1S/C14H12N2O5/c1-15-8-3-2-4-9(16(20)21)12(8)14(19)13-10(15)5-7(17)6-11(13)18/h2-6,16-18,20H,1H3. The third kappa shape index (κ3) is 1.83. The van der Waals surface area contributed by atoms with Crippen molar-refractivity contribution in [1.29, 1.82) is 0 Å². The molecular formula is C14H12N2O5. The van der Waals surface area contributed by atoms with E-state index in [0.717, 1.165) is 6.07 Å². The molecule has 7 nitrogen and oxygen atoms in total. The summed E-state index contributed by atoms with van der Waals surface area (Å²) in [5, 5.41) is 38.8. The number of quaternary nitrogens is 1. The first kappa shape index (κ1) is 13.4. The molecule has 0 aliphatic heterocycles. The van der Waals surface area contributed by atoms with Crippen LogP contribution in [0.15, 0.2) is 35.1 Å². The Morgan fingerprint density at radius 3 is 2.52 bits per heavy atom. The lowest BCUT2D eigenvalue weighted by molar-refractivity contribution is -0.990. The third-order valence-corrected chi connectivity index (χ3v) is 3.53. The zero-order valence-electron chi connectivity index (χ0n) is 11.0. The number of pyridine rings is 1. The molecule has 1 aromatic heterocycles. The molecule has 0 saturated heterocycles. The van der Waals surface area contributed by atoms with Crippen LogP contribution in [0.2, 0.25) is 0 Å². The van der Waals surface area contributed by atoms with Crippen LogP contribution in [0.3, 0.4) is 0 Å². The number of phenols is 2. The van der Waals surface area contributed by atoms with Gasteiger partial charge in [0.25, 0.3) is 0 Å². The first-order valence-electron chi connectivity index (χ1n) is 6.12. The number of aromatic hydroxyl groups is 2. The van der Waals surface area contributed by atoms with Gasteiger partial charge in [0.05, 0.1) is 16.4 Å². The highest BCUT2D eigenvalue weighted by Crippen LogP contribution is 2.30. The number of benzene rings is 2. The van der Waals surface area contributed by atoms with Gasteiger partial charge < -0.3 is 20.0 Å². The molecule has 2 aromatic carbocycles. The highest BCUT2D eigenvalue weighted by molar-refractivity contribution is 6.00. The summed E-state index contributed by atoms with van der Waals surface area (Å²) in [5.41, 5.74) is 0.0426. The van der Waals surface area contributed by atoms with Crippen LogP contribution < -0.4 is 10.7 Å². The fraction of sp³-hybridized carbons (Fsp3) is 0.0714. The largest absolute Gasteiger partial charge is 0.595 e. The van der Waals surface area contributed by atoms with E-state index in [1.165, 1.54) is 12.1 Å². The Morgan fingerprint density at radius 2 is 1.86 bits per heavy atom. The van der Waals surface area contributed by atoms with E-state index in [1.807, 2.05) is 0 Å². The zero-order valence-corrected chi connectivity index (χ0v) is 11.0. The van der Waals surface area contributed by atoms with Gasteiger partial charge in [-0.1, -0.05) is 6.07 Å². The Kier molecular flexibility index (Phi) is 2.84. The van der Waals surface area contributed by atoms with Crippen molar-refractivity contribution < 1.29 is 20.6 Å². The number of hydrogen-bond donors (Lipinski definition) is 4. The van der Waals surface area contributed by atoms with E-state index in [-0.39, 0.29) is 28.0 Å². The zero-order chi connectivity index (χ0) is 15.3. The number of phenolic OH excluding ortho intramolecular Hbond substituents is 2. The van der Waals surface area contributed by atoms with Gasteiger partial charge in [0, 0.05) is 25.2 Å². The molecule has 1 atom stereocenters. The number of hydrogen-bond acceptors (Lipinski definition) is 5. The number of nitrogens with one attached hydrogen (secondary N) is 1. The lowest BCUT2D eigenvalue weighted by Gasteiger charge is -2.16. The first-order valence-corrected chi connectivity index (χ1v) is 6.12. The van der Waals surface area contributed by atoms with E-state index in [9.17, 15) is 25.4 Å². The lowest BCUT2D eigenvalue weighted by Crippen LogP contribution is -2.99. The Hall–Kier alpha value is -2.61. The predicted molar refractivity (Wildman–Crippen MR) is 75.8 cm³/mol. The fourth-order valence-electron chi connectivity index (χ4n) is 2.59. The summed E-state index contributed by atoms with van der Waals surface area (Å²) in [6, 6.07) is 6.90. The van der Waals surface area contributed by atoms with Gasteiger partial charge in [-0.15, -0.1) is 0 Å². The van der Waals surface area contributed by atoms with Crippen molar-refractivity contribution >= 4 is 27.5 Å². The van der Waals surface area contributed by atoms with Gasteiger partial charge >= 0.3 is 0 Å². The number of aromatic nitrogens is 1. The highest BCUT2D eigenvalue weighted by atomic mass is 16.8. The Labute approximate surface area is 118 Å². The van der Waals surface area contributed by atoms with Crippen molar-refractivity contribution in [2.24, 2.45) is 7.05 Å². The molecule has 0 spiro atoms. The molecule has 0 bridgehead atoms. The van der Waals surface area contributed by atoms with Gasteiger partial charge in [0.1, 0.15) is 16.9 Å². The summed E-state index contributed by atoms with van der Waals surface area (Å²) in [7, 11) is 1.63. The van der Waals surface area contributed by atoms with E-state index in [4.69, 9.17) is 0 Å². The molecule has 3 aromatic rings. The van der Waals surface area contributed by atoms with Gasteiger partial charge in [0.15, 0.2) is 5.69 Å². The molecule has 21 heavy (non-hydrogen) atoms. The fourth-order valence-corrected chi connectivity index (χ4v) is 2.59. The molecule has 4 N–H and O–H groups in total. The summed E-state index contributed by atoms with van der Waals surface area (Å²) in [6.45, 7) is 0. The molecule has 7 heteroatoms. The normalized spacial score (nSPS) is 12.9. The topological polar surface area (TPSA) is 110 Å². The van der Waals surface area contributed by atoms with Gasteiger partial charge in [-0.2, -0.15) is 5.23 Å². The van der Waals surface area contributed by atoms with Crippen LogP contribution in [0.4, 0.5) is 5.69 Å².